The molecule has 1 aliphatic rings. The van der Waals surface area contributed by atoms with E-state index in [0.29, 0.717) is 22.6 Å². The predicted octanol–water partition coefficient (Wildman–Crippen LogP) is 2.88. The quantitative estimate of drug-likeness (QED) is 0.291. The van der Waals surface area contributed by atoms with Crippen LogP contribution in [0.1, 0.15) is 22.8 Å². The Balaban J connectivity index is 1.74. The normalized spacial score (nSPS) is 15.7. The Hall–Kier alpha value is -3.69. The lowest BCUT2D eigenvalue weighted by Crippen LogP contribution is -2.53. The molecule has 0 saturated heterocycles. The molecule has 0 spiro atoms. The largest absolute Gasteiger partial charge is 0.481 e. The minimum atomic E-state index is -4.24. The fraction of sp³-hybridized carbons (Fsp3) is 0.200. The molecule has 0 aliphatic carbocycles. The summed E-state index contributed by atoms with van der Waals surface area (Å²) >= 11 is 1.35. The summed E-state index contributed by atoms with van der Waals surface area (Å²) in [6, 6.07) is 12.9. The number of anilines is 1. The van der Waals surface area contributed by atoms with E-state index >= 15 is 0 Å². The number of fused-ring (bicyclic) bond motifs is 1. The number of hydrogen-bond donors (Lipinski definition) is 2. The van der Waals surface area contributed by atoms with Gasteiger partial charge in [0.2, 0.25) is 10.0 Å². The minimum absolute atomic E-state index is 0.0674. The number of hydrogen-bond acceptors (Lipinski definition) is 7. The smallest absolute Gasteiger partial charge is 0.263 e. The van der Waals surface area contributed by atoms with Crippen molar-refractivity contribution in [2.45, 2.75) is 24.4 Å². The number of benzene rings is 2. The van der Waals surface area contributed by atoms with Crippen molar-refractivity contribution in [2.24, 2.45) is 0 Å². The summed E-state index contributed by atoms with van der Waals surface area (Å²) in [4.78, 5) is 27.4. The van der Waals surface area contributed by atoms with Gasteiger partial charge in [-0.05, 0) is 54.3 Å². The summed E-state index contributed by atoms with van der Waals surface area (Å²) in [6.07, 6.45) is 0. The van der Waals surface area contributed by atoms with Crippen molar-refractivity contribution in [3.05, 3.63) is 76.5 Å². The molecule has 0 bridgehead atoms. The van der Waals surface area contributed by atoms with Crippen molar-refractivity contribution >= 4 is 38.9 Å². The topological polar surface area (TPSA) is 116 Å². The average Bonchev–Trinajstić information content (AvgIpc) is 3.37. The van der Waals surface area contributed by atoms with Crippen LogP contribution in [0.15, 0.2) is 70.3 Å². The Labute approximate surface area is 212 Å². The van der Waals surface area contributed by atoms with Gasteiger partial charge < -0.3 is 9.64 Å². The zero-order valence-corrected chi connectivity index (χ0v) is 20.9. The van der Waals surface area contributed by atoms with E-state index in [1.54, 1.807) is 53.5 Å². The van der Waals surface area contributed by atoms with Gasteiger partial charge in [0.1, 0.15) is 18.4 Å². The van der Waals surface area contributed by atoms with Gasteiger partial charge in [-0.2, -0.15) is 15.6 Å². The van der Waals surface area contributed by atoms with Crippen LogP contribution < -0.4 is 15.1 Å². The Morgan fingerprint density at radius 3 is 2.58 bits per heavy atom. The highest BCUT2D eigenvalue weighted by Gasteiger charge is 2.41. The minimum Gasteiger partial charge on any atom is -0.481 e. The number of ether oxygens (including phenoxy) is 1. The molecule has 0 fully saturated rings. The van der Waals surface area contributed by atoms with Crippen molar-refractivity contribution in [3.8, 4) is 17.6 Å². The van der Waals surface area contributed by atoms with Gasteiger partial charge in [-0.15, -0.1) is 5.92 Å². The van der Waals surface area contributed by atoms with Gasteiger partial charge in [0.15, 0.2) is 0 Å². The third-order valence-electron chi connectivity index (χ3n) is 5.66. The van der Waals surface area contributed by atoms with Crippen molar-refractivity contribution < 1.29 is 28.0 Å². The van der Waals surface area contributed by atoms with Crippen LogP contribution in [0.3, 0.4) is 0 Å². The van der Waals surface area contributed by atoms with E-state index in [-0.39, 0.29) is 30.5 Å². The number of para-hydroxylation sites is 1. The third kappa shape index (κ3) is 5.12. The second kappa shape index (κ2) is 10.9. The van der Waals surface area contributed by atoms with Gasteiger partial charge in [0, 0.05) is 17.6 Å². The zero-order valence-electron chi connectivity index (χ0n) is 19.2. The zero-order chi connectivity index (χ0) is 25.7. The lowest BCUT2D eigenvalue weighted by molar-refractivity contribution is -0.133. The van der Waals surface area contributed by atoms with Crippen LogP contribution in [0.25, 0.3) is 0 Å². The van der Waals surface area contributed by atoms with Gasteiger partial charge in [-0.25, -0.2) is 13.9 Å². The molecule has 9 nitrogen and oxygen atoms in total. The summed E-state index contributed by atoms with van der Waals surface area (Å²) in [5.41, 5.74) is 3.00. The fourth-order valence-electron chi connectivity index (χ4n) is 3.86. The fourth-order valence-corrected chi connectivity index (χ4v) is 6.05. The summed E-state index contributed by atoms with van der Waals surface area (Å²) in [5, 5.41) is 12.9. The summed E-state index contributed by atoms with van der Waals surface area (Å²) in [6.45, 7) is 1.37. The number of rotatable bonds is 6. The highest BCUT2D eigenvalue weighted by atomic mass is 32.2. The summed E-state index contributed by atoms with van der Waals surface area (Å²) in [7, 11) is -4.24. The molecule has 1 aliphatic heterocycles. The first-order valence-electron chi connectivity index (χ1n) is 10.9. The first kappa shape index (κ1) is 25.4. The van der Waals surface area contributed by atoms with Gasteiger partial charge in [-0.1, -0.05) is 24.1 Å². The molecule has 3 aromatic rings. The first-order valence-corrected chi connectivity index (χ1v) is 13.3. The number of carbonyl (C=O) groups excluding carboxylic acids is 2. The van der Waals surface area contributed by atoms with Crippen molar-refractivity contribution in [3.63, 3.8) is 0 Å². The standard InChI is InChI=1S/C25H23N3O6S2/c1-2-3-13-34-20-8-10-21(11-9-20)36(32,33)28-15-18-6-4-5-7-22(18)27(16-23(28)24(29)26-31)25(30)19-12-14-35-17-19/h4-12,14,17,23,31H,13,15-16H2,1H3,(H,26,29). The predicted molar refractivity (Wildman–Crippen MR) is 134 cm³/mol. The maximum atomic E-state index is 13.8. The van der Waals surface area contributed by atoms with Gasteiger partial charge in [0.05, 0.1) is 17.0 Å². The number of amides is 2. The lowest BCUT2D eigenvalue weighted by atomic mass is 10.1. The summed E-state index contributed by atoms with van der Waals surface area (Å²) < 4.78 is 34.0. The highest BCUT2D eigenvalue weighted by Crippen LogP contribution is 2.32. The second-order valence-electron chi connectivity index (χ2n) is 7.79. The van der Waals surface area contributed by atoms with Crippen LogP contribution in [-0.2, 0) is 21.4 Å². The highest BCUT2D eigenvalue weighted by molar-refractivity contribution is 7.89. The number of sulfonamides is 1. The van der Waals surface area contributed by atoms with E-state index in [2.05, 4.69) is 11.8 Å². The molecule has 186 valence electrons. The van der Waals surface area contributed by atoms with Crippen molar-refractivity contribution in [1.29, 1.82) is 0 Å². The molecule has 4 rings (SSSR count). The van der Waals surface area contributed by atoms with Crippen LogP contribution >= 0.6 is 11.3 Å². The number of nitrogens with zero attached hydrogens (tertiary/aromatic N) is 2. The molecule has 2 aromatic carbocycles. The number of hydroxylamine groups is 1. The number of thiophene rings is 1. The number of carbonyl (C=O) groups is 2. The van der Waals surface area contributed by atoms with Crippen LogP contribution in [0.2, 0.25) is 0 Å². The molecule has 0 saturated carbocycles. The van der Waals surface area contributed by atoms with E-state index in [0.717, 1.165) is 4.31 Å². The molecular formula is C25H23N3O6S2. The third-order valence-corrected chi connectivity index (χ3v) is 8.21. The molecule has 0 radical (unpaired) electrons. The average molecular weight is 526 g/mol. The van der Waals surface area contributed by atoms with E-state index in [1.807, 2.05) is 0 Å². The van der Waals surface area contributed by atoms with E-state index < -0.39 is 22.0 Å². The molecular weight excluding hydrogens is 502 g/mol. The Morgan fingerprint density at radius 1 is 1.17 bits per heavy atom. The molecule has 36 heavy (non-hydrogen) atoms. The molecule has 1 atom stereocenters. The molecule has 2 heterocycles. The van der Waals surface area contributed by atoms with Crippen LogP contribution in [0.5, 0.6) is 5.75 Å². The van der Waals surface area contributed by atoms with E-state index in [1.165, 1.54) is 40.5 Å². The monoisotopic (exact) mass is 525 g/mol. The summed E-state index contributed by atoms with van der Waals surface area (Å²) in [5.74, 6) is 4.58. The second-order valence-corrected chi connectivity index (χ2v) is 10.5. The van der Waals surface area contributed by atoms with E-state index in [9.17, 15) is 23.2 Å². The maximum absolute atomic E-state index is 13.8. The molecule has 2 amide bonds. The van der Waals surface area contributed by atoms with Crippen LogP contribution in [-0.4, -0.2) is 48.9 Å². The van der Waals surface area contributed by atoms with E-state index in [4.69, 9.17) is 4.74 Å². The Bertz CT molecular complexity index is 1410. The van der Waals surface area contributed by atoms with Gasteiger partial charge >= 0.3 is 0 Å². The van der Waals surface area contributed by atoms with Crippen molar-refractivity contribution in [2.75, 3.05) is 18.1 Å². The van der Waals surface area contributed by atoms with Crippen LogP contribution in [0, 0.1) is 11.8 Å². The maximum Gasteiger partial charge on any atom is 0.263 e. The first-order chi connectivity index (χ1) is 17.4. The van der Waals surface area contributed by atoms with Gasteiger partial charge in [0.25, 0.3) is 11.8 Å². The molecule has 11 heteroatoms. The van der Waals surface area contributed by atoms with Crippen LogP contribution in [0.4, 0.5) is 5.69 Å². The molecule has 2 N–H and O–H groups in total. The SMILES string of the molecule is CC#CCOc1ccc(S(=O)(=O)N2Cc3ccccc3N(C(=O)c3ccsc3)CC2C(=O)NO)cc1. The Kier molecular flexibility index (Phi) is 7.71. The lowest BCUT2D eigenvalue weighted by Gasteiger charge is -2.29. The van der Waals surface area contributed by atoms with Gasteiger partial charge in [-0.3, -0.25) is 14.8 Å². The molecule has 1 aromatic heterocycles. The number of nitrogens with one attached hydrogen (secondary N) is 1. The Morgan fingerprint density at radius 2 is 1.92 bits per heavy atom. The molecule has 1 unspecified atom stereocenters. The van der Waals surface area contributed by atoms with Crippen molar-refractivity contribution in [1.82, 2.24) is 9.79 Å².